The maximum Gasteiger partial charge on any atom is 0.124 e. The number of methoxy groups -OCH3 is 1. The zero-order valence-corrected chi connectivity index (χ0v) is 16.9. The number of phenolic OH excluding ortho intramolecular Hbond substituents is 1. The van der Waals surface area contributed by atoms with E-state index in [0.717, 1.165) is 38.3 Å². The fourth-order valence-corrected chi connectivity index (χ4v) is 3.37. The summed E-state index contributed by atoms with van der Waals surface area (Å²) < 4.78 is 8.19. The molecule has 0 amide bonds. The van der Waals surface area contributed by atoms with Gasteiger partial charge in [-0.25, -0.2) is 0 Å². The molecule has 4 rings (SSSR count). The predicted octanol–water partition coefficient (Wildman–Crippen LogP) is 5.74. The first kappa shape index (κ1) is 18.3. The molecule has 1 heterocycles. The number of halogens is 1. The molecule has 0 aliphatic carbocycles. The minimum Gasteiger partial charge on any atom is -0.507 e. The Kier molecular flexibility index (Phi) is 5.17. The number of phenols is 1. The average molecular weight is 435 g/mol. The van der Waals surface area contributed by atoms with Crippen LogP contribution in [0.4, 0.5) is 0 Å². The second kappa shape index (κ2) is 7.90. The van der Waals surface area contributed by atoms with Gasteiger partial charge < -0.3 is 9.84 Å². The fourth-order valence-electron chi connectivity index (χ4n) is 3.11. The SMILES string of the molecule is COc1ccc(Cn2nc(-c3ccc(Br)cc3)cc2-c2ccccc2O)cc1. The second-order valence-corrected chi connectivity index (χ2v) is 7.36. The first-order chi connectivity index (χ1) is 13.6. The Bertz CT molecular complexity index is 1090. The highest BCUT2D eigenvalue weighted by Crippen LogP contribution is 2.32. The molecule has 0 aliphatic rings. The van der Waals surface area contributed by atoms with Gasteiger partial charge in [0.25, 0.3) is 0 Å². The van der Waals surface area contributed by atoms with Crippen LogP contribution in [0.1, 0.15) is 5.56 Å². The van der Waals surface area contributed by atoms with E-state index in [1.54, 1.807) is 13.2 Å². The van der Waals surface area contributed by atoms with E-state index in [1.165, 1.54) is 0 Å². The molecular formula is C23H19BrN2O2. The van der Waals surface area contributed by atoms with Gasteiger partial charge in [0.05, 0.1) is 25.0 Å². The highest BCUT2D eigenvalue weighted by Gasteiger charge is 2.14. The largest absolute Gasteiger partial charge is 0.507 e. The second-order valence-electron chi connectivity index (χ2n) is 6.44. The standard InChI is InChI=1S/C23H19BrN2O2/c1-28-19-12-6-16(7-13-19)15-26-22(20-4-2-3-5-23(20)27)14-21(25-26)17-8-10-18(24)11-9-17/h2-14,27H,15H2,1H3. The van der Waals surface area contributed by atoms with Crippen LogP contribution in [0.5, 0.6) is 11.5 Å². The Labute approximate surface area is 172 Å². The van der Waals surface area contributed by atoms with Gasteiger partial charge in [-0.1, -0.05) is 52.3 Å². The minimum absolute atomic E-state index is 0.237. The summed E-state index contributed by atoms with van der Waals surface area (Å²) in [5, 5.41) is 15.2. The van der Waals surface area contributed by atoms with E-state index in [-0.39, 0.29) is 5.75 Å². The average Bonchev–Trinajstić information content (AvgIpc) is 3.13. The summed E-state index contributed by atoms with van der Waals surface area (Å²) in [6, 6.07) is 25.3. The highest BCUT2D eigenvalue weighted by molar-refractivity contribution is 9.10. The summed E-state index contributed by atoms with van der Waals surface area (Å²) in [6.45, 7) is 0.587. The third-order valence-corrected chi connectivity index (χ3v) is 5.12. The lowest BCUT2D eigenvalue weighted by molar-refractivity contribution is 0.414. The molecule has 4 aromatic rings. The molecule has 0 saturated carbocycles. The summed E-state index contributed by atoms with van der Waals surface area (Å²) in [5.74, 6) is 1.06. The maximum absolute atomic E-state index is 10.4. The third kappa shape index (κ3) is 3.80. The Balaban J connectivity index is 1.78. The zero-order chi connectivity index (χ0) is 19.5. The van der Waals surface area contributed by atoms with Crippen LogP contribution in [-0.4, -0.2) is 22.0 Å². The highest BCUT2D eigenvalue weighted by atomic mass is 79.9. The molecule has 4 nitrogen and oxygen atoms in total. The molecule has 3 aromatic carbocycles. The van der Waals surface area contributed by atoms with Crippen molar-refractivity contribution in [1.29, 1.82) is 0 Å². The number of aromatic hydroxyl groups is 1. The lowest BCUT2D eigenvalue weighted by atomic mass is 10.1. The van der Waals surface area contributed by atoms with Gasteiger partial charge in [-0.3, -0.25) is 4.68 Å². The van der Waals surface area contributed by atoms with Crippen molar-refractivity contribution in [2.75, 3.05) is 7.11 Å². The van der Waals surface area contributed by atoms with Gasteiger partial charge in [0.2, 0.25) is 0 Å². The monoisotopic (exact) mass is 434 g/mol. The number of nitrogens with zero attached hydrogens (tertiary/aromatic N) is 2. The van der Waals surface area contributed by atoms with Crippen LogP contribution in [0.15, 0.2) is 83.3 Å². The molecule has 0 bridgehead atoms. The van der Waals surface area contributed by atoms with Crippen molar-refractivity contribution in [3.05, 3.63) is 88.9 Å². The van der Waals surface area contributed by atoms with E-state index in [4.69, 9.17) is 9.84 Å². The third-order valence-electron chi connectivity index (χ3n) is 4.59. The smallest absolute Gasteiger partial charge is 0.124 e. The summed E-state index contributed by atoms with van der Waals surface area (Å²) in [6.07, 6.45) is 0. The zero-order valence-electron chi connectivity index (χ0n) is 15.3. The molecule has 0 aliphatic heterocycles. The van der Waals surface area contributed by atoms with Crippen molar-refractivity contribution in [2.24, 2.45) is 0 Å². The maximum atomic E-state index is 10.4. The Morgan fingerprint density at radius 1 is 0.964 bits per heavy atom. The fraction of sp³-hybridized carbons (Fsp3) is 0.0870. The van der Waals surface area contributed by atoms with E-state index in [1.807, 2.05) is 77.5 Å². The minimum atomic E-state index is 0.237. The van der Waals surface area contributed by atoms with Gasteiger partial charge in [-0.05, 0) is 48.0 Å². The molecule has 0 saturated heterocycles. The topological polar surface area (TPSA) is 47.3 Å². The van der Waals surface area contributed by atoms with Gasteiger partial charge in [0.1, 0.15) is 11.5 Å². The van der Waals surface area contributed by atoms with E-state index in [9.17, 15) is 5.11 Å². The molecule has 1 aromatic heterocycles. The number of benzene rings is 3. The van der Waals surface area contributed by atoms with Crippen LogP contribution in [0.3, 0.4) is 0 Å². The molecule has 0 atom stereocenters. The van der Waals surface area contributed by atoms with E-state index < -0.39 is 0 Å². The predicted molar refractivity (Wildman–Crippen MR) is 115 cm³/mol. The molecular weight excluding hydrogens is 416 g/mol. The Morgan fingerprint density at radius 2 is 1.68 bits per heavy atom. The van der Waals surface area contributed by atoms with Gasteiger partial charge in [-0.15, -0.1) is 0 Å². The van der Waals surface area contributed by atoms with E-state index in [2.05, 4.69) is 15.9 Å². The van der Waals surface area contributed by atoms with Crippen LogP contribution in [-0.2, 0) is 6.54 Å². The van der Waals surface area contributed by atoms with Crippen LogP contribution in [0.25, 0.3) is 22.5 Å². The molecule has 0 unspecified atom stereocenters. The van der Waals surface area contributed by atoms with Crippen LogP contribution < -0.4 is 4.74 Å². The van der Waals surface area contributed by atoms with Gasteiger partial charge in [-0.2, -0.15) is 5.10 Å². The molecule has 1 N–H and O–H groups in total. The number of hydrogen-bond acceptors (Lipinski definition) is 3. The molecule has 140 valence electrons. The normalized spacial score (nSPS) is 10.8. The van der Waals surface area contributed by atoms with Crippen molar-refractivity contribution in [3.63, 3.8) is 0 Å². The summed E-state index contributed by atoms with van der Waals surface area (Å²) >= 11 is 3.47. The van der Waals surface area contributed by atoms with Crippen molar-refractivity contribution >= 4 is 15.9 Å². The number of hydrogen-bond donors (Lipinski definition) is 1. The number of para-hydroxylation sites is 1. The molecule has 5 heteroatoms. The van der Waals surface area contributed by atoms with Crippen molar-refractivity contribution in [2.45, 2.75) is 6.54 Å². The molecule has 0 fully saturated rings. The van der Waals surface area contributed by atoms with Gasteiger partial charge in [0.15, 0.2) is 0 Å². The van der Waals surface area contributed by atoms with E-state index >= 15 is 0 Å². The van der Waals surface area contributed by atoms with Crippen LogP contribution in [0.2, 0.25) is 0 Å². The van der Waals surface area contributed by atoms with Crippen molar-refractivity contribution in [3.8, 4) is 34.0 Å². The van der Waals surface area contributed by atoms with Crippen LogP contribution in [0, 0.1) is 0 Å². The number of rotatable bonds is 5. The number of ether oxygens (including phenoxy) is 1. The summed E-state index contributed by atoms with van der Waals surface area (Å²) in [7, 11) is 1.66. The Hall–Kier alpha value is -3.05. The van der Waals surface area contributed by atoms with Crippen LogP contribution >= 0.6 is 15.9 Å². The Morgan fingerprint density at radius 3 is 2.36 bits per heavy atom. The lowest BCUT2D eigenvalue weighted by Crippen LogP contribution is -2.04. The van der Waals surface area contributed by atoms with E-state index in [0.29, 0.717) is 6.54 Å². The number of aromatic nitrogens is 2. The molecule has 0 radical (unpaired) electrons. The van der Waals surface area contributed by atoms with Crippen molar-refractivity contribution < 1.29 is 9.84 Å². The summed E-state index contributed by atoms with van der Waals surface area (Å²) in [5.41, 5.74) is 4.61. The first-order valence-corrected chi connectivity index (χ1v) is 9.68. The van der Waals surface area contributed by atoms with Crippen molar-refractivity contribution in [1.82, 2.24) is 9.78 Å². The first-order valence-electron chi connectivity index (χ1n) is 8.89. The summed E-state index contributed by atoms with van der Waals surface area (Å²) in [4.78, 5) is 0. The lowest BCUT2D eigenvalue weighted by Gasteiger charge is -2.09. The molecule has 0 spiro atoms. The molecule has 28 heavy (non-hydrogen) atoms. The van der Waals surface area contributed by atoms with Gasteiger partial charge in [0, 0.05) is 15.6 Å². The van der Waals surface area contributed by atoms with Gasteiger partial charge >= 0.3 is 0 Å². The quantitative estimate of drug-likeness (QED) is 0.435.